The van der Waals surface area contributed by atoms with Crippen LogP contribution in [0.3, 0.4) is 0 Å². The molecule has 0 spiro atoms. The van der Waals surface area contributed by atoms with Crippen molar-refractivity contribution in [2.24, 2.45) is 7.05 Å². The van der Waals surface area contributed by atoms with E-state index in [-0.39, 0.29) is 5.91 Å². The Morgan fingerprint density at radius 2 is 2.11 bits per heavy atom. The Kier molecular flexibility index (Phi) is 6.02. The fourth-order valence-corrected chi connectivity index (χ4v) is 3.70. The lowest BCUT2D eigenvalue weighted by Gasteiger charge is -2.04. The highest BCUT2D eigenvalue weighted by molar-refractivity contribution is 7.71. The van der Waals surface area contributed by atoms with E-state index in [1.54, 1.807) is 4.57 Å². The maximum absolute atomic E-state index is 12.5. The van der Waals surface area contributed by atoms with Crippen molar-refractivity contribution in [1.29, 1.82) is 0 Å². The minimum absolute atomic E-state index is 0.126. The molecule has 0 bridgehead atoms. The monoisotopic (exact) mass is 403 g/mol. The number of nitrogens with one attached hydrogen (secondary N) is 2. The van der Waals surface area contributed by atoms with E-state index in [4.69, 9.17) is 17.0 Å². The predicted molar refractivity (Wildman–Crippen MR) is 108 cm³/mol. The van der Waals surface area contributed by atoms with Crippen molar-refractivity contribution in [3.8, 4) is 16.3 Å². The third kappa shape index (κ3) is 4.42. The van der Waals surface area contributed by atoms with Gasteiger partial charge in [0.2, 0.25) is 0 Å². The molecule has 3 rings (SSSR count). The summed E-state index contributed by atoms with van der Waals surface area (Å²) < 4.78 is 7.82. The summed E-state index contributed by atoms with van der Waals surface area (Å²) in [5.41, 5.74) is 1.69. The molecular formula is C18H21N5O2S2. The molecule has 2 N–H and O–H groups in total. The number of carbonyl (C=O) groups is 1. The molecule has 1 amide bonds. The number of H-pyrrole nitrogens is 1. The first-order valence-electron chi connectivity index (χ1n) is 8.58. The van der Waals surface area contributed by atoms with Crippen LogP contribution in [0.4, 0.5) is 0 Å². The summed E-state index contributed by atoms with van der Waals surface area (Å²) in [6, 6.07) is 7.73. The van der Waals surface area contributed by atoms with Crippen molar-refractivity contribution in [2.75, 3.05) is 13.2 Å². The van der Waals surface area contributed by atoms with E-state index in [1.807, 2.05) is 45.2 Å². The lowest BCUT2D eigenvalue weighted by atomic mass is 10.2. The minimum atomic E-state index is -0.126. The van der Waals surface area contributed by atoms with Crippen LogP contribution in [0.1, 0.15) is 28.1 Å². The average molecular weight is 404 g/mol. The van der Waals surface area contributed by atoms with Gasteiger partial charge < -0.3 is 14.6 Å². The third-order valence-electron chi connectivity index (χ3n) is 4.02. The molecular weight excluding hydrogens is 382 g/mol. The molecule has 142 valence electrons. The number of amides is 1. The van der Waals surface area contributed by atoms with Crippen LogP contribution in [-0.4, -0.2) is 38.8 Å². The van der Waals surface area contributed by atoms with Crippen LogP contribution < -0.4 is 10.1 Å². The molecule has 1 aromatic carbocycles. The van der Waals surface area contributed by atoms with Gasteiger partial charge in [-0.3, -0.25) is 9.89 Å². The molecule has 0 fully saturated rings. The van der Waals surface area contributed by atoms with E-state index in [2.05, 4.69) is 20.5 Å². The van der Waals surface area contributed by atoms with Crippen LogP contribution in [0.5, 0.6) is 5.75 Å². The standard InChI is InChI=1S/C18H21N5O2S2/c1-4-25-13-7-5-12(6-8-13)17-20-11(2)15(27-17)16(24)19-10-9-14-21-22-18(26)23(14)3/h5-8H,4,9-10H2,1-3H3,(H,19,24)(H,22,26). The van der Waals surface area contributed by atoms with Gasteiger partial charge in [0.15, 0.2) is 4.77 Å². The molecule has 0 atom stereocenters. The van der Waals surface area contributed by atoms with E-state index < -0.39 is 0 Å². The second-order valence-corrected chi connectivity index (χ2v) is 7.29. The Labute approximate surface area is 166 Å². The van der Waals surface area contributed by atoms with Crippen molar-refractivity contribution in [1.82, 2.24) is 25.1 Å². The first-order valence-corrected chi connectivity index (χ1v) is 9.81. The van der Waals surface area contributed by atoms with Gasteiger partial charge in [-0.2, -0.15) is 5.10 Å². The summed E-state index contributed by atoms with van der Waals surface area (Å²) in [7, 11) is 1.85. The highest BCUT2D eigenvalue weighted by atomic mass is 32.1. The first-order chi connectivity index (χ1) is 13.0. The highest BCUT2D eigenvalue weighted by Gasteiger charge is 2.16. The van der Waals surface area contributed by atoms with Gasteiger partial charge in [-0.15, -0.1) is 11.3 Å². The molecule has 0 aliphatic carbocycles. The topological polar surface area (TPSA) is 84.8 Å². The Balaban J connectivity index is 1.65. The van der Waals surface area contributed by atoms with E-state index in [0.717, 1.165) is 27.8 Å². The summed E-state index contributed by atoms with van der Waals surface area (Å²) in [6.45, 7) is 4.90. The number of nitrogens with zero attached hydrogens (tertiary/aromatic N) is 3. The number of benzene rings is 1. The molecule has 0 saturated heterocycles. The van der Waals surface area contributed by atoms with Crippen molar-refractivity contribution >= 4 is 29.5 Å². The number of hydrogen-bond acceptors (Lipinski definition) is 6. The Bertz CT molecular complexity index is 988. The molecule has 9 heteroatoms. The number of ether oxygens (including phenoxy) is 1. The first kappa shape index (κ1) is 19.2. The maximum atomic E-state index is 12.5. The smallest absolute Gasteiger partial charge is 0.263 e. The van der Waals surface area contributed by atoms with E-state index in [1.165, 1.54) is 11.3 Å². The van der Waals surface area contributed by atoms with Crippen LogP contribution in [0.15, 0.2) is 24.3 Å². The molecule has 0 unspecified atom stereocenters. The van der Waals surface area contributed by atoms with E-state index >= 15 is 0 Å². The van der Waals surface area contributed by atoms with E-state index in [0.29, 0.717) is 29.2 Å². The van der Waals surface area contributed by atoms with Gasteiger partial charge in [-0.05, 0) is 50.3 Å². The summed E-state index contributed by atoms with van der Waals surface area (Å²) in [5.74, 6) is 1.50. The van der Waals surface area contributed by atoms with Gasteiger partial charge in [0, 0.05) is 25.6 Å². The molecule has 2 heterocycles. The van der Waals surface area contributed by atoms with Gasteiger partial charge in [0.25, 0.3) is 5.91 Å². The SMILES string of the molecule is CCOc1ccc(-c2nc(C)c(C(=O)NCCc3n[nH]c(=S)n3C)s2)cc1. The van der Waals surface area contributed by atoms with Crippen LogP contribution in [0.25, 0.3) is 10.6 Å². The van der Waals surface area contributed by atoms with E-state index in [9.17, 15) is 4.79 Å². The molecule has 0 aliphatic rings. The number of aryl methyl sites for hydroxylation is 1. The normalized spacial score (nSPS) is 10.8. The second-order valence-electron chi connectivity index (χ2n) is 5.90. The number of hydrogen-bond donors (Lipinski definition) is 2. The summed E-state index contributed by atoms with van der Waals surface area (Å²) in [5, 5.41) is 10.6. The fraction of sp³-hybridized carbons (Fsp3) is 0.333. The average Bonchev–Trinajstić information content (AvgIpc) is 3.20. The molecule has 3 aromatic rings. The summed E-state index contributed by atoms with van der Waals surface area (Å²) in [4.78, 5) is 17.7. The number of carbonyl (C=O) groups excluding carboxylic acids is 1. The number of aromatic amines is 1. The van der Waals surface area contributed by atoms with Crippen molar-refractivity contribution in [2.45, 2.75) is 20.3 Å². The number of thiazole rings is 1. The maximum Gasteiger partial charge on any atom is 0.263 e. The van der Waals surface area contributed by atoms with Gasteiger partial charge in [-0.1, -0.05) is 0 Å². The lowest BCUT2D eigenvalue weighted by Crippen LogP contribution is -2.26. The predicted octanol–water partition coefficient (Wildman–Crippen LogP) is 3.28. The Hall–Kier alpha value is -2.52. The van der Waals surface area contributed by atoms with Crippen molar-refractivity contribution in [3.63, 3.8) is 0 Å². The van der Waals surface area contributed by atoms with Crippen LogP contribution in [-0.2, 0) is 13.5 Å². The van der Waals surface area contributed by atoms with Crippen LogP contribution in [0.2, 0.25) is 0 Å². The van der Waals surface area contributed by atoms with Crippen LogP contribution in [0, 0.1) is 11.7 Å². The zero-order chi connectivity index (χ0) is 19.4. The second kappa shape index (κ2) is 8.45. The summed E-state index contributed by atoms with van der Waals surface area (Å²) >= 11 is 6.47. The Morgan fingerprint density at radius 3 is 2.74 bits per heavy atom. The Morgan fingerprint density at radius 1 is 1.37 bits per heavy atom. The van der Waals surface area contributed by atoms with Gasteiger partial charge in [-0.25, -0.2) is 4.98 Å². The summed E-state index contributed by atoms with van der Waals surface area (Å²) in [6.07, 6.45) is 0.596. The largest absolute Gasteiger partial charge is 0.494 e. The molecule has 27 heavy (non-hydrogen) atoms. The van der Waals surface area contributed by atoms with Crippen molar-refractivity contribution in [3.05, 3.63) is 45.4 Å². The molecule has 2 aromatic heterocycles. The van der Waals surface area contributed by atoms with Crippen molar-refractivity contribution < 1.29 is 9.53 Å². The zero-order valence-corrected chi connectivity index (χ0v) is 17.0. The molecule has 0 aliphatic heterocycles. The molecule has 0 saturated carbocycles. The zero-order valence-electron chi connectivity index (χ0n) is 15.4. The molecule has 0 radical (unpaired) electrons. The number of aromatic nitrogens is 4. The van der Waals surface area contributed by atoms with Gasteiger partial charge in [0.1, 0.15) is 21.5 Å². The quantitative estimate of drug-likeness (QED) is 0.592. The fourth-order valence-electron chi connectivity index (χ4n) is 2.56. The van der Waals surface area contributed by atoms with Gasteiger partial charge >= 0.3 is 0 Å². The molecule has 7 nitrogen and oxygen atoms in total. The van der Waals surface area contributed by atoms with Gasteiger partial charge in [0.05, 0.1) is 12.3 Å². The third-order valence-corrected chi connectivity index (χ3v) is 5.59. The minimum Gasteiger partial charge on any atom is -0.494 e. The highest BCUT2D eigenvalue weighted by Crippen LogP contribution is 2.29. The lowest BCUT2D eigenvalue weighted by molar-refractivity contribution is 0.0957. The number of rotatable bonds is 7. The van der Waals surface area contributed by atoms with Crippen LogP contribution >= 0.6 is 23.6 Å².